The Kier molecular flexibility index (Phi) is 5.95. The fourth-order valence-electron chi connectivity index (χ4n) is 2.23. The zero-order valence-electron chi connectivity index (χ0n) is 12.5. The Morgan fingerprint density at radius 3 is 2.86 bits per heavy atom. The number of alkyl halides is 1. The number of halogens is 1. The van der Waals surface area contributed by atoms with E-state index in [1.807, 2.05) is 18.2 Å². The van der Waals surface area contributed by atoms with Gasteiger partial charge < -0.3 is 4.74 Å². The number of rotatable bonds is 7. The number of aromatic nitrogens is 2. The Morgan fingerprint density at radius 2 is 2.09 bits per heavy atom. The van der Waals surface area contributed by atoms with Crippen LogP contribution in [-0.2, 0) is 16.1 Å². The number of benzene rings is 1. The summed E-state index contributed by atoms with van der Waals surface area (Å²) in [5.41, 5.74) is 0.644. The van der Waals surface area contributed by atoms with Crippen LogP contribution < -0.4 is 5.56 Å². The van der Waals surface area contributed by atoms with Crippen LogP contribution in [0, 0.1) is 6.92 Å². The number of aryl methyl sites for hydroxylation is 1. The third kappa shape index (κ3) is 4.07. The van der Waals surface area contributed by atoms with Crippen molar-refractivity contribution in [2.75, 3.05) is 12.5 Å². The molecule has 0 radical (unpaired) electrons. The molecule has 0 saturated carbocycles. The van der Waals surface area contributed by atoms with Crippen LogP contribution in [-0.4, -0.2) is 28.0 Å². The topological polar surface area (TPSA) is 61.2 Å². The van der Waals surface area contributed by atoms with Gasteiger partial charge in [-0.2, -0.15) is 0 Å². The number of esters is 1. The normalized spacial score (nSPS) is 10.8. The van der Waals surface area contributed by atoms with E-state index in [2.05, 4.69) is 4.98 Å². The Labute approximate surface area is 133 Å². The molecule has 1 heterocycles. The summed E-state index contributed by atoms with van der Waals surface area (Å²) in [7, 11) is 0. The maximum Gasteiger partial charge on any atom is 0.305 e. The highest BCUT2D eigenvalue weighted by Crippen LogP contribution is 2.07. The minimum atomic E-state index is -0.249. The van der Waals surface area contributed by atoms with Crippen LogP contribution in [0.4, 0.5) is 0 Å². The zero-order chi connectivity index (χ0) is 15.9. The van der Waals surface area contributed by atoms with Gasteiger partial charge in [0.2, 0.25) is 0 Å². The number of hydrogen-bond donors (Lipinski definition) is 0. The largest absolute Gasteiger partial charge is 0.466 e. The quantitative estimate of drug-likeness (QED) is 0.446. The van der Waals surface area contributed by atoms with Crippen LogP contribution in [0.3, 0.4) is 0 Å². The molecule has 2 rings (SSSR count). The molecule has 118 valence electrons. The molecule has 0 atom stereocenters. The predicted molar refractivity (Wildman–Crippen MR) is 86.3 cm³/mol. The van der Waals surface area contributed by atoms with Gasteiger partial charge in [0.15, 0.2) is 0 Å². The molecule has 0 saturated heterocycles. The Balaban J connectivity index is 1.97. The van der Waals surface area contributed by atoms with E-state index in [-0.39, 0.29) is 11.5 Å². The SMILES string of the molecule is Cc1nc2ccccc2c(=O)n1CCCOC(=O)CCCCl. The first-order chi connectivity index (χ1) is 10.6. The van der Waals surface area contributed by atoms with Gasteiger partial charge in [0.1, 0.15) is 5.82 Å². The fraction of sp³-hybridized carbons (Fsp3) is 0.438. The number of carbonyl (C=O) groups is 1. The van der Waals surface area contributed by atoms with Crippen molar-refractivity contribution in [3.05, 3.63) is 40.4 Å². The lowest BCUT2D eigenvalue weighted by Crippen LogP contribution is -2.24. The van der Waals surface area contributed by atoms with Crippen molar-refractivity contribution in [3.63, 3.8) is 0 Å². The molecule has 0 fully saturated rings. The van der Waals surface area contributed by atoms with Crippen molar-refractivity contribution in [1.29, 1.82) is 0 Å². The average Bonchev–Trinajstić information content (AvgIpc) is 2.52. The number of hydrogen-bond acceptors (Lipinski definition) is 4. The summed E-state index contributed by atoms with van der Waals surface area (Å²) < 4.78 is 6.72. The van der Waals surface area contributed by atoms with Crippen LogP contribution in [0.25, 0.3) is 10.9 Å². The lowest BCUT2D eigenvalue weighted by Gasteiger charge is -2.11. The molecule has 5 nitrogen and oxygen atoms in total. The molecule has 0 aliphatic carbocycles. The van der Waals surface area contributed by atoms with Gasteiger partial charge in [-0.15, -0.1) is 11.6 Å². The summed E-state index contributed by atoms with van der Waals surface area (Å²) in [5.74, 6) is 0.866. The van der Waals surface area contributed by atoms with E-state index in [1.54, 1.807) is 17.6 Å². The summed E-state index contributed by atoms with van der Waals surface area (Å²) in [6, 6.07) is 7.28. The van der Waals surface area contributed by atoms with Crippen LogP contribution in [0.2, 0.25) is 0 Å². The average molecular weight is 323 g/mol. The van der Waals surface area contributed by atoms with E-state index in [0.717, 1.165) is 0 Å². The smallest absolute Gasteiger partial charge is 0.305 e. The summed E-state index contributed by atoms with van der Waals surface area (Å²) in [5, 5.41) is 0.604. The van der Waals surface area contributed by atoms with Crippen molar-refractivity contribution < 1.29 is 9.53 Å². The molecule has 0 N–H and O–H groups in total. The van der Waals surface area contributed by atoms with Gasteiger partial charge in [-0.05, 0) is 31.9 Å². The molecule has 2 aromatic rings. The van der Waals surface area contributed by atoms with Crippen molar-refractivity contribution in [2.45, 2.75) is 32.7 Å². The van der Waals surface area contributed by atoms with E-state index < -0.39 is 0 Å². The number of fused-ring (bicyclic) bond motifs is 1. The van der Waals surface area contributed by atoms with Crippen molar-refractivity contribution in [2.24, 2.45) is 0 Å². The molecule has 22 heavy (non-hydrogen) atoms. The minimum absolute atomic E-state index is 0.0587. The molecule has 0 unspecified atom stereocenters. The van der Waals surface area contributed by atoms with Crippen LogP contribution in [0.15, 0.2) is 29.1 Å². The van der Waals surface area contributed by atoms with Crippen LogP contribution in [0.1, 0.15) is 25.1 Å². The Bertz CT molecular complexity index is 712. The molecule has 0 amide bonds. The van der Waals surface area contributed by atoms with Crippen molar-refractivity contribution in [1.82, 2.24) is 9.55 Å². The zero-order valence-corrected chi connectivity index (χ0v) is 13.3. The van der Waals surface area contributed by atoms with Gasteiger partial charge in [0.25, 0.3) is 5.56 Å². The lowest BCUT2D eigenvalue weighted by atomic mass is 10.2. The molecule has 0 bridgehead atoms. The molecule has 6 heteroatoms. The number of nitrogens with zero attached hydrogens (tertiary/aromatic N) is 2. The van der Waals surface area contributed by atoms with E-state index in [0.29, 0.717) is 55.0 Å². The van der Waals surface area contributed by atoms with E-state index in [9.17, 15) is 9.59 Å². The van der Waals surface area contributed by atoms with E-state index >= 15 is 0 Å². The van der Waals surface area contributed by atoms with E-state index in [4.69, 9.17) is 16.3 Å². The van der Waals surface area contributed by atoms with Gasteiger partial charge in [-0.25, -0.2) is 4.98 Å². The fourth-order valence-corrected chi connectivity index (χ4v) is 2.37. The van der Waals surface area contributed by atoms with Gasteiger partial charge in [-0.3, -0.25) is 14.2 Å². The molecule has 0 aliphatic heterocycles. The molecule has 1 aromatic heterocycles. The highest BCUT2D eigenvalue weighted by Gasteiger charge is 2.08. The summed E-state index contributed by atoms with van der Waals surface area (Å²) >= 11 is 5.52. The second kappa shape index (κ2) is 7.94. The molecule has 0 spiro atoms. The monoisotopic (exact) mass is 322 g/mol. The Morgan fingerprint density at radius 1 is 1.32 bits per heavy atom. The maximum absolute atomic E-state index is 12.4. The minimum Gasteiger partial charge on any atom is -0.466 e. The number of carbonyl (C=O) groups excluding carboxylic acids is 1. The molecular weight excluding hydrogens is 304 g/mol. The standard InChI is InChI=1S/C16H19ClN2O3/c1-12-18-14-7-3-2-6-13(14)16(21)19(12)10-5-11-22-15(20)8-4-9-17/h2-3,6-7H,4-5,8-11H2,1H3. The third-order valence-electron chi connectivity index (χ3n) is 3.36. The number of para-hydroxylation sites is 1. The van der Waals surface area contributed by atoms with Crippen molar-refractivity contribution >= 4 is 28.5 Å². The van der Waals surface area contributed by atoms with E-state index in [1.165, 1.54) is 0 Å². The van der Waals surface area contributed by atoms with Crippen LogP contribution >= 0.6 is 11.6 Å². The lowest BCUT2D eigenvalue weighted by molar-refractivity contribution is -0.143. The molecule has 0 aliphatic rings. The third-order valence-corrected chi connectivity index (χ3v) is 3.62. The van der Waals surface area contributed by atoms with Gasteiger partial charge in [-0.1, -0.05) is 12.1 Å². The Hall–Kier alpha value is -1.88. The summed E-state index contributed by atoms with van der Waals surface area (Å²) in [4.78, 5) is 28.2. The first kappa shape index (κ1) is 16.5. The van der Waals surface area contributed by atoms with Gasteiger partial charge in [0, 0.05) is 18.8 Å². The summed E-state index contributed by atoms with van der Waals surface area (Å²) in [6.45, 7) is 2.57. The first-order valence-electron chi connectivity index (χ1n) is 7.31. The maximum atomic E-state index is 12.4. The molecular formula is C16H19ClN2O3. The second-order valence-corrected chi connectivity index (χ2v) is 5.38. The van der Waals surface area contributed by atoms with Gasteiger partial charge in [0.05, 0.1) is 17.5 Å². The molecule has 1 aromatic carbocycles. The summed E-state index contributed by atoms with van der Waals surface area (Å²) in [6.07, 6.45) is 1.53. The van der Waals surface area contributed by atoms with Crippen molar-refractivity contribution in [3.8, 4) is 0 Å². The number of ether oxygens (including phenoxy) is 1. The first-order valence-corrected chi connectivity index (χ1v) is 7.84. The highest BCUT2D eigenvalue weighted by molar-refractivity contribution is 6.17. The predicted octanol–water partition coefficient (Wildman–Crippen LogP) is 2.66. The highest BCUT2D eigenvalue weighted by atomic mass is 35.5. The second-order valence-electron chi connectivity index (χ2n) is 5.00. The van der Waals surface area contributed by atoms with Gasteiger partial charge >= 0.3 is 5.97 Å². The van der Waals surface area contributed by atoms with Crippen LogP contribution in [0.5, 0.6) is 0 Å².